The fraction of sp³-hybridized carbons (Fsp3) is 0.143. The summed E-state index contributed by atoms with van der Waals surface area (Å²) in [6.45, 7) is 0. The Morgan fingerprint density at radius 3 is 2.42 bits per heavy atom. The molecule has 2 rings (SSSR count). The molecule has 0 saturated heterocycles. The van der Waals surface area contributed by atoms with Crippen LogP contribution in [0.25, 0.3) is 0 Å². The first-order chi connectivity index (χ1) is 9.02. The van der Waals surface area contributed by atoms with Crippen LogP contribution >= 0.6 is 50.7 Å². The molecule has 0 fully saturated rings. The zero-order chi connectivity index (χ0) is 14.0. The van der Waals surface area contributed by atoms with Crippen LogP contribution in [0.3, 0.4) is 0 Å². The van der Waals surface area contributed by atoms with Gasteiger partial charge in [-0.25, -0.2) is 0 Å². The summed E-state index contributed by atoms with van der Waals surface area (Å²) in [4.78, 5) is 0. The molecule has 0 amide bonds. The van der Waals surface area contributed by atoms with Crippen LogP contribution in [0.2, 0.25) is 10.0 Å². The SMILES string of the molecule is COc1ccc(C(Cl)c2ccc(Cl)cc2Cl)cc1Br. The van der Waals surface area contributed by atoms with Gasteiger partial charge in [0.2, 0.25) is 0 Å². The van der Waals surface area contributed by atoms with Gasteiger partial charge >= 0.3 is 0 Å². The fourth-order valence-electron chi connectivity index (χ4n) is 1.73. The Bertz CT molecular complexity index is 601. The van der Waals surface area contributed by atoms with Crippen molar-refractivity contribution in [3.8, 4) is 5.75 Å². The molecule has 0 radical (unpaired) electrons. The number of methoxy groups -OCH3 is 1. The fourth-order valence-corrected chi connectivity index (χ4v) is 3.18. The summed E-state index contributed by atoms with van der Waals surface area (Å²) in [5, 5.41) is 0.806. The Kier molecular flexibility index (Phi) is 5.02. The van der Waals surface area contributed by atoms with Gasteiger partial charge in [0, 0.05) is 10.0 Å². The van der Waals surface area contributed by atoms with Crippen molar-refractivity contribution in [3.63, 3.8) is 0 Å². The molecule has 5 heteroatoms. The molecule has 1 atom stereocenters. The topological polar surface area (TPSA) is 9.23 Å². The van der Waals surface area contributed by atoms with Crippen LogP contribution in [0.15, 0.2) is 40.9 Å². The lowest BCUT2D eigenvalue weighted by Gasteiger charge is -2.14. The summed E-state index contributed by atoms with van der Waals surface area (Å²) in [6, 6.07) is 11.0. The molecule has 1 nitrogen and oxygen atoms in total. The van der Waals surface area contributed by atoms with Crippen LogP contribution in [-0.4, -0.2) is 7.11 Å². The van der Waals surface area contributed by atoms with Crippen LogP contribution < -0.4 is 4.74 Å². The first kappa shape index (κ1) is 15.0. The zero-order valence-corrected chi connectivity index (χ0v) is 13.8. The van der Waals surface area contributed by atoms with Crippen molar-refractivity contribution in [3.05, 3.63) is 62.0 Å². The molecule has 19 heavy (non-hydrogen) atoms. The molecule has 2 aromatic carbocycles. The molecule has 2 aromatic rings. The van der Waals surface area contributed by atoms with Gasteiger partial charge in [-0.3, -0.25) is 0 Å². The minimum Gasteiger partial charge on any atom is -0.496 e. The van der Waals surface area contributed by atoms with E-state index in [1.54, 1.807) is 19.2 Å². The predicted molar refractivity (Wildman–Crippen MR) is 84.9 cm³/mol. The van der Waals surface area contributed by atoms with E-state index in [9.17, 15) is 0 Å². The van der Waals surface area contributed by atoms with E-state index in [0.717, 1.165) is 21.3 Å². The molecule has 0 aliphatic heterocycles. The third-order valence-corrected chi connectivity index (χ3v) is 4.37. The average molecular weight is 380 g/mol. The largest absolute Gasteiger partial charge is 0.496 e. The summed E-state index contributed by atoms with van der Waals surface area (Å²) in [6.07, 6.45) is 0. The van der Waals surface area contributed by atoms with Gasteiger partial charge in [0.05, 0.1) is 17.0 Å². The van der Waals surface area contributed by atoms with Crippen molar-refractivity contribution in [2.24, 2.45) is 0 Å². The van der Waals surface area contributed by atoms with Gasteiger partial charge in [-0.2, -0.15) is 0 Å². The van der Waals surface area contributed by atoms with E-state index in [2.05, 4.69) is 15.9 Å². The van der Waals surface area contributed by atoms with Crippen molar-refractivity contribution in [2.45, 2.75) is 5.38 Å². The number of halogens is 4. The molecule has 0 aliphatic carbocycles. The van der Waals surface area contributed by atoms with Crippen LogP contribution in [0.4, 0.5) is 0 Å². The Balaban J connectivity index is 2.38. The molecule has 0 spiro atoms. The van der Waals surface area contributed by atoms with Gasteiger partial charge in [-0.1, -0.05) is 35.3 Å². The molecule has 0 bridgehead atoms. The summed E-state index contributed by atoms with van der Waals surface area (Å²) in [7, 11) is 1.62. The molecule has 100 valence electrons. The second-order valence-electron chi connectivity index (χ2n) is 3.92. The van der Waals surface area contributed by atoms with Gasteiger partial charge in [0.25, 0.3) is 0 Å². The monoisotopic (exact) mass is 378 g/mol. The molecule has 0 aliphatic rings. The summed E-state index contributed by atoms with van der Waals surface area (Å²) < 4.78 is 6.04. The lowest BCUT2D eigenvalue weighted by atomic mass is 10.0. The minimum absolute atomic E-state index is 0.341. The maximum Gasteiger partial charge on any atom is 0.133 e. The Morgan fingerprint density at radius 2 is 1.84 bits per heavy atom. The van der Waals surface area contributed by atoms with Gasteiger partial charge in [0.15, 0.2) is 0 Å². The second-order valence-corrected chi connectivity index (χ2v) is 6.06. The van der Waals surface area contributed by atoms with Gasteiger partial charge < -0.3 is 4.74 Å². The Labute approximate surface area is 135 Å². The van der Waals surface area contributed by atoms with Crippen LogP contribution in [0.1, 0.15) is 16.5 Å². The number of alkyl halides is 1. The minimum atomic E-state index is -0.341. The maximum absolute atomic E-state index is 6.47. The highest BCUT2D eigenvalue weighted by molar-refractivity contribution is 9.10. The first-order valence-corrected chi connectivity index (χ1v) is 7.44. The van der Waals surface area contributed by atoms with Crippen molar-refractivity contribution in [2.75, 3.05) is 7.11 Å². The lowest BCUT2D eigenvalue weighted by molar-refractivity contribution is 0.412. The van der Waals surface area contributed by atoms with E-state index in [-0.39, 0.29) is 5.38 Å². The summed E-state index contributed by atoms with van der Waals surface area (Å²) in [5.74, 6) is 0.759. The highest BCUT2D eigenvalue weighted by Crippen LogP contribution is 2.37. The molecule has 0 N–H and O–H groups in total. The van der Waals surface area contributed by atoms with Gasteiger partial charge in [-0.05, 0) is 51.3 Å². The Morgan fingerprint density at radius 1 is 1.11 bits per heavy atom. The van der Waals surface area contributed by atoms with Crippen molar-refractivity contribution < 1.29 is 4.74 Å². The molecular formula is C14H10BrCl3O. The summed E-state index contributed by atoms with van der Waals surface area (Å²) >= 11 is 22.0. The highest BCUT2D eigenvalue weighted by Gasteiger charge is 2.15. The number of hydrogen-bond acceptors (Lipinski definition) is 1. The second kappa shape index (κ2) is 6.36. The van der Waals surface area contributed by atoms with Gasteiger partial charge in [0.1, 0.15) is 5.75 Å². The smallest absolute Gasteiger partial charge is 0.133 e. The zero-order valence-electron chi connectivity index (χ0n) is 9.96. The molecule has 0 heterocycles. The van der Waals surface area contributed by atoms with Crippen molar-refractivity contribution in [1.82, 2.24) is 0 Å². The van der Waals surface area contributed by atoms with E-state index in [1.165, 1.54) is 0 Å². The average Bonchev–Trinajstić information content (AvgIpc) is 2.38. The number of hydrogen-bond donors (Lipinski definition) is 0. The van der Waals surface area contributed by atoms with E-state index >= 15 is 0 Å². The van der Waals surface area contributed by atoms with Gasteiger partial charge in [-0.15, -0.1) is 11.6 Å². The first-order valence-electron chi connectivity index (χ1n) is 5.45. The number of ether oxygens (including phenoxy) is 1. The molecular weight excluding hydrogens is 370 g/mol. The standard InChI is InChI=1S/C14H10BrCl3O/c1-19-13-5-2-8(6-11(13)15)14(18)10-4-3-9(16)7-12(10)17/h2-7,14H,1H3. The van der Waals surface area contributed by atoms with E-state index in [4.69, 9.17) is 39.5 Å². The van der Waals surface area contributed by atoms with E-state index in [0.29, 0.717) is 10.0 Å². The Hall–Kier alpha value is -0.410. The molecule has 0 aromatic heterocycles. The maximum atomic E-state index is 6.47. The normalized spacial score (nSPS) is 12.3. The third kappa shape index (κ3) is 3.38. The number of benzene rings is 2. The van der Waals surface area contributed by atoms with Crippen molar-refractivity contribution in [1.29, 1.82) is 0 Å². The summed E-state index contributed by atoms with van der Waals surface area (Å²) in [5.41, 5.74) is 1.75. The van der Waals surface area contributed by atoms with Crippen LogP contribution in [-0.2, 0) is 0 Å². The highest BCUT2D eigenvalue weighted by atomic mass is 79.9. The molecule has 0 saturated carbocycles. The van der Waals surface area contributed by atoms with Crippen LogP contribution in [0, 0.1) is 0 Å². The van der Waals surface area contributed by atoms with Crippen molar-refractivity contribution >= 4 is 50.7 Å². The predicted octanol–water partition coefficient (Wildman–Crippen LogP) is 6.09. The van der Waals surface area contributed by atoms with Crippen LogP contribution in [0.5, 0.6) is 5.75 Å². The molecule has 1 unspecified atom stereocenters. The third-order valence-electron chi connectivity index (χ3n) is 2.70. The van der Waals surface area contributed by atoms with E-state index < -0.39 is 0 Å². The lowest BCUT2D eigenvalue weighted by Crippen LogP contribution is -1.95. The number of rotatable bonds is 3. The van der Waals surface area contributed by atoms with E-state index in [1.807, 2.05) is 24.3 Å². The quantitative estimate of drug-likeness (QED) is 0.585.